The van der Waals surface area contributed by atoms with Gasteiger partial charge in [-0.3, -0.25) is 24.3 Å². The van der Waals surface area contributed by atoms with Crippen molar-refractivity contribution < 1.29 is 19.1 Å². The normalized spacial score (nSPS) is 26.7. The predicted octanol–water partition coefficient (Wildman–Crippen LogP) is 3.07. The molecule has 7 nitrogen and oxygen atoms in total. The summed E-state index contributed by atoms with van der Waals surface area (Å²) in [5.74, 6) is -0.248. The zero-order valence-electron chi connectivity index (χ0n) is 18.7. The summed E-state index contributed by atoms with van der Waals surface area (Å²) in [6.07, 6.45) is 1.59. The van der Waals surface area contributed by atoms with Gasteiger partial charge in [-0.15, -0.1) is 11.8 Å². The average molecular weight is 466 g/mol. The lowest BCUT2D eigenvalue weighted by atomic mass is 10.0. The van der Waals surface area contributed by atoms with E-state index < -0.39 is 10.7 Å². The fourth-order valence-corrected chi connectivity index (χ4v) is 6.77. The van der Waals surface area contributed by atoms with Crippen LogP contribution in [0.1, 0.15) is 24.0 Å². The number of fused-ring (bicyclic) bond motifs is 2. The molecule has 172 valence electrons. The Morgan fingerprint density at radius 2 is 1.67 bits per heavy atom. The monoisotopic (exact) mass is 465 g/mol. The maximum absolute atomic E-state index is 14.1. The van der Waals surface area contributed by atoms with Crippen molar-refractivity contribution in [3.05, 3.63) is 59.7 Å². The van der Waals surface area contributed by atoms with Crippen LogP contribution in [0.3, 0.4) is 0 Å². The molecule has 6 rings (SSSR count). The fraction of sp³-hybridized carbons (Fsp3) is 0.440. The van der Waals surface area contributed by atoms with Gasteiger partial charge in [0.05, 0.1) is 31.3 Å². The lowest BCUT2D eigenvalue weighted by Crippen LogP contribution is -2.53. The number of carbonyl (C=O) groups excluding carboxylic acids is 2. The highest BCUT2D eigenvalue weighted by atomic mass is 32.2. The van der Waals surface area contributed by atoms with Crippen LogP contribution in [-0.4, -0.2) is 61.2 Å². The third-order valence-corrected chi connectivity index (χ3v) is 8.51. The molecule has 8 heteroatoms. The van der Waals surface area contributed by atoms with Crippen molar-refractivity contribution in [1.82, 2.24) is 4.90 Å². The number of aryl methyl sites for hydroxylation is 1. The van der Waals surface area contributed by atoms with E-state index in [0.29, 0.717) is 19.9 Å². The predicted molar refractivity (Wildman–Crippen MR) is 127 cm³/mol. The smallest absolute Gasteiger partial charge is 0.269 e. The summed E-state index contributed by atoms with van der Waals surface area (Å²) in [5, 5.41) is 0. The van der Waals surface area contributed by atoms with Crippen molar-refractivity contribution in [2.75, 3.05) is 48.5 Å². The fourth-order valence-electron chi connectivity index (χ4n) is 5.41. The number of piperidine rings is 1. The van der Waals surface area contributed by atoms with E-state index in [1.807, 2.05) is 60.4 Å². The van der Waals surface area contributed by atoms with E-state index in [-0.39, 0.29) is 17.6 Å². The Balaban J connectivity index is 1.32. The first kappa shape index (κ1) is 21.2. The molecule has 2 aromatic rings. The van der Waals surface area contributed by atoms with Crippen molar-refractivity contribution >= 4 is 35.0 Å². The third kappa shape index (κ3) is 3.23. The van der Waals surface area contributed by atoms with Crippen LogP contribution in [0.5, 0.6) is 0 Å². The number of thioether (sulfide) groups is 1. The van der Waals surface area contributed by atoms with E-state index >= 15 is 0 Å². The van der Waals surface area contributed by atoms with E-state index in [2.05, 4.69) is 4.90 Å². The van der Waals surface area contributed by atoms with Crippen molar-refractivity contribution in [2.24, 2.45) is 0 Å². The third-order valence-electron chi connectivity index (χ3n) is 7.13. The maximum atomic E-state index is 14.1. The number of para-hydroxylation sites is 1. The molecule has 2 spiro atoms. The van der Waals surface area contributed by atoms with Crippen LogP contribution >= 0.6 is 11.8 Å². The van der Waals surface area contributed by atoms with Gasteiger partial charge < -0.3 is 9.47 Å². The van der Waals surface area contributed by atoms with Gasteiger partial charge in [-0.25, -0.2) is 0 Å². The van der Waals surface area contributed by atoms with Crippen LogP contribution in [0.4, 0.5) is 11.4 Å². The first-order valence-corrected chi connectivity index (χ1v) is 12.5. The second kappa shape index (κ2) is 7.84. The van der Waals surface area contributed by atoms with Gasteiger partial charge in [0.1, 0.15) is 0 Å². The summed E-state index contributed by atoms with van der Waals surface area (Å²) in [4.78, 5) is 32.0. The first-order valence-electron chi connectivity index (χ1n) is 11.5. The quantitative estimate of drug-likeness (QED) is 0.694. The van der Waals surface area contributed by atoms with Crippen LogP contribution in [-0.2, 0) is 23.9 Å². The number of hydrogen-bond acceptors (Lipinski definition) is 6. The zero-order chi connectivity index (χ0) is 22.6. The van der Waals surface area contributed by atoms with E-state index in [0.717, 1.165) is 48.4 Å². The van der Waals surface area contributed by atoms with Gasteiger partial charge >= 0.3 is 0 Å². The van der Waals surface area contributed by atoms with Crippen molar-refractivity contribution in [1.29, 1.82) is 0 Å². The molecule has 4 aliphatic rings. The number of likely N-dealkylation sites (tertiary alicyclic amines) is 1. The molecule has 0 unspecified atom stereocenters. The Morgan fingerprint density at radius 1 is 0.970 bits per heavy atom. The Labute approximate surface area is 197 Å². The second-order valence-corrected chi connectivity index (χ2v) is 10.3. The summed E-state index contributed by atoms with van der Waals surface area (Å²) in [6.45, 7) is 5.41. The highest BCUT2D eigenvalue weighted by Gasteiger charge is 2.61. The lowest BCUT2D eigenvalue weighted by molar-refractivity contribution is -0.185. The highest BCUT2D eigenvalue weighted by molar-refractivity contribution is 8.02. The molecule has 0 radical (unpaired) electrons. The minimum absolute atomic E-state index is 0.0377. The molecule has 4 aliphatic heterocycles. The Kier molecular flexibility index (Phi) is 5.03. The topological polar surface area (TPSA) is 62.3 Å². The maximum Gasteiger partial charge on any atom is 0.269 e. The second-order valence-electron chi connectivity index (χ2n) is 9.11. The number of nitrogens with zero attached hydrogens (tertiary/aromatic N) is 3. The largest absolute Gasteiger partial charge is 0.347 e. The number of hydrogen-bond donors (Lipinski definition) is 0. The molecule has 0 aromatic heterocycles. The Hall–Kier alpha value is -2.39. The molecule has 0 saturated carbocycles. The van der Waals surface area contributed by atoms with Gasteiger partial charge in [-0.05, 0) is 25.1 Å². The van der Waals surface area contributed by atoms with Gasteiger partial charge in [0.2, 0.25) is 10.8 Å². The number of anilines is 2. The summed E-state index contributed by atoms with van der Waals surface area (Å²) in [5.41, 5.74) is 3.65. The summed E-state index contributed by atoms with van der Waals surface area (Å²) < 4.78 is 11.7. The van der Waals surface area contributed by atoms with E-state index in [1.165, 1.54) is 11.8 Å². The molecule has 3 fully saturated rings. The van der Waals surface area contributed by atoms with Crippen molar-refractivity contribution in [3.63, 3.8) is 0 Å². The van der Waals surface area contributed by atoms with Crippen LogP contribution in [0.25, 0.3) is 0 Å². The molecule has 33 heavy (non-hydrogen) atoms. The number of amides is 2. The molecular weight excluding hydrogens is 438 g/mol. The molecule has 1 atom stereocenters. The standard InChI is InChI=1S/C25H27N3O4S/c1-18-6-8-19(9-7-18)28-22(29)16-33-25(28)20-4-2-3-5-21(20)27(23(25)30)17-26-12-10-24(11-13-26)31-14-15-32-24/h2-9H,10-17H2,1H3/t25-/m0/s1. The minimum atomic E-state index is -1.06. The number of benzene rings is 2. The van der Waals surface area contributed by atoms with Crippen molar-refractivity contribution in [3.8, 4) is 0 Å². The van der Waals surface area contributed by atoms with Crippen LogP contribution in [0, 0.1) is 6.92 Å². The van der Waals surface area contributed by atoms with Gasteiger partial charge in [-0.1, -0.05) is 35.9 Å². The molecular formula is C25H27N3O4S. The van der Waals surface area contributed by atoms with Crippen LogP contribution in [0.15, 0.2) is 48.5 Å². The SMILES string of the molecule is Cc1ccc(N2C(=O)CS[C@@]23C(=O)N(CN2CCC4(CC2)OCCO4)c2ccccc23)cc1. The zero-order valence-corrected chi connectivity index (χ0v) is 19.5. The minimum Gasteiger partial charge on any atom is -0.347 e. The van der Waals surface area contributed by atoms with Gasteiger partial charge in [0.15, 0.2) is 5.79 Å². The van der Waals surface area contributed by atoms with Gasteiger partial charge in [0.25, 0.3) is 5.91 Å². The number of rotatable bonds is 3. The van der Waals surface area contributed by atoms with E-state index in [9.17, 15) is 9.59 Å². The molecule has 2 aromatic carbocycles. The number of ether oxygens (including phenoxy) is 2. The average Bonchev–Trinajstić information content (AvgIpc) is 3.49. The Morgan fingerprint density at radius 3 is 2.39 bits per heavy atom. The molecule has 0 N–H and O–H groups in total. The molecule has 2 amide bonds. The molecule has 4 heterocycles. The van der Waals surface area contributed by atoms with Crippen LogP contribution < -0.4 is 9.80 Å². The van der Waals surface area contributed by atoms with Gasteiger partial charge in [-0.2, -0.15) is 0 Å². The Bertz CT molecular complexity index is 1090. The molecule has 0 bridgehead atoms. The summed E-state index contributed by atoms with van der Waals surface area (Å²) >= 11 is 1.43. The van der Waals surface area contributed by atoms with Crippen LogP contribution in [0.2, 0.25) is 0 Å². The highest BCUT2D eigenvalue weighted by Crippen LogP contribution is 2.55. The van der Waals surface area contributed by atoms with E-state index in [4.69, 9.17) is 9.47 Å². The molecule has 0 aliphatic carbocycles. The summed E-state index contributed by atoms with van der Waals surface area (Å²) in [7, 11) is 0. The van der Waals surface area contributed by atoms with Gasteiger partial charge in [0, 0.05) is 37.2 Å². The van der Waals surface area contributed by atoms with E-state index in [1.54, 1.807) is 4.90 Å². The lowest BCUT2D eigenvalue weighted by Gasteiger charge is -2.39. The summed E-state index contributed by atoms with van der Waals surface area (Å²) in [6, 6.07) is 15.7. The molecule has 3 saturated heterocycles. The number of carbonyl (C=O) groups is 2. The van der Waals surface area contributed by atoms with Crippen molar-refractivity contribution in [2.45, 2.75) is 30.4 Å². The first-order chi connectivity index (χ1) is 16.0.